The average Bonchev–Trinajstić information content (AvgIpc) is 3.41. The molecule has 0 bridgehead atoms. The van der Waals surface area contributed by atoms with Crippen LogP contribution >= 0.6 is 0 Å². The molecule has 1 amide bonds. The SMILES string of the molecule is COc1ccc(/C=C2/CCC[C@H]3C2=NN(C(=O)COc2cccc4ccccc24)[C@H]3c2ccc(OC)cc2)cc1. The number of hydrogen-bond donors (Lipinski definition) is 0. The highest BCUT2D eigenvalue weighted by Gasteiger charge is 2.43. The Morgan fingerprint density at radius 1 is 0.900 bits per heavy atom. The van der Waals surface area contributed by atoms with Crippen LogP contribution in [0.3, 0.4) is 0 Å². The Morgan fingerprint density at radius 2 is 1.60 bits per heavy atom. The zero-order valence-electron chi connectivity index (χ0n) is 22.7. The van der Waals surface area contributed by atoms with Crippen LogP contribution in [0, 0.1) is 5.92 Å². The number of nitrogens with zero attached hydrogens (tertiary/aromatic N) is 2. The molecule has 1 fully saturated rings. The molecule has 0 spiro atoms. The van der Waals surface area contributed by atoms with Crippen molar-refractivity contribution in [2.24, 2.45) is 11.0 Å². The molecule has 40 heavy (non-hydrogen) atoms. The average molecular weight is 533 g/mol. The van der Waals surface area contributed by atoms with E-state index < -0.39 is 0 Å². The fourth-order valence-electron chi connectivity index (χ4n) is 5.77. The van der Waals surface area contributed by atoms with Gasteiger partial charge in [0.05, 0.1) is 26.0 Å². The number of hydrogen-bond acceptors (Lipinski definition) is 5. The molecule has 6 heteroatoms. The van der Waals surface area contributed by atoms with Gasteiger partial charge in [0.1, 0.15) is 17.2 Å². The summed E-state index contributed by atoms with van der Waals surface area (Å²) in [5.41, 5.74) is 4.28. The minimum atomic E-state index is -0.205. The highest BCUT2D eigenvalue weighted by Crippen LogP contribution is 2.44. The van der Waals surface area contributed by atoms with Crippen LogP contribution in [0.5, 0.6) is 17.2 Å². The topological polar surface area (TPSA) is 60.4 Å². The second-order valence-corrected chi connectivity index (χ2v) is 10.1. The number of benzene rings is 4. The summed E-state index contributed by atoms with van der Waals surface area (Å²) in [7, 11) is 3.32. The summed E-state index contributed by atoms with van der Waals surface area (Å²) in [4.78, 5) is 13.8. The Kier molecular flexibility index (Phi) is 7.23. The first-order valence-electron chi connectivity index (χ1n) is 13.6. The minimum absolute atomic E-state index is 0.0955. The maximum absolute atomic E-state index is 13.8. The summed E-state index contributed by atoms with van der Waals surface area (Å²) in [6, 6.07) is 29.7. The standard InChI is InChI=1S/C34H32N2O4/c1-38-27-17-13-23(14-18-27)21-26-9-5-11-30-33(26)35-36(34(30)25-15-19-28(39-2)20-16-25)32(37)22-40-31-12-6-8-24-7-3-4-10-29(24)31/h3-4,6-8,10,12-21,30,34H,5,9,11,22H2,1-2H3/b26-21-/t30-,34-/m0/s1. The predicted molar refractivity (Wildman–Crippen MR) is 158 cm³/mol. The quantitative estimate of drug-likeness (QED) is 0.256. The maximum Gasteiger partial charge on any atom is 0.281 e. The molecule has 6 nitrogen and oxygen atoms in total. The lowest BCUT2D eigenvalue weighted by atomic mass is 9.77. The van der Waals surface area contributed by atoms with E-state index in [0.717, 1.165) is 58.4 Å². The third kappa shape index (κ3) is 5.05. The van der Waals surface area contributed by atoms with Crippen molar-refractivity contribution in [1.29, 1.82) is 0 Å². The van der Waals surface area contributed by atoms with Crippen LogP contribution in [0.4, 0.5) is 0 Å². The Labute approximate surface area is 234 Å². The number of rotatable bonds is 7. The number of hydrazone groups is 1. The van der Waals surface area contributed by atoms with E-state index in [0.29, 0.717) is 5.75 Å². The van der Waals surface area contributed by atoms with Crippen molar-refractivity contribution < 1.29 is 19.0 Å². The van der Waals surface area contributed by atoms with E-state index in [1.165, 1.54) is 5.57 Å². The number of methoxy groups -OCH3 is 2. The van der Waals surface area contributed by atoms with Gasteiger partial charge in [-0.25, -0.2) is 5.01 Å². The fourth-order valence-corrected chi connectivity index (χ4v) is 5.77. The Morgan fingerprint density at radius 3 is 2.35 bits per heavy atom. The second kappa shape index (κ2) is 11.3. The molecule has 0 aromatic heterocycles. The van der Waals surface area contributed by atoms with Crippen LogP contribution in [0.15, 0.2) is 102 Å². The van der Waals surface area contributed by atoms with Crippen molar-refractivity contribution in [1.82, 2.24) is 5.01 Å². The highest BCUT2D eigenvalue weighted by atomic mass is 16.5. The zero-order valence-corrected chi connectivity index (χ0v) is 22.7. The molecule has 202 valence electrons. The van der Waals surface area contributed by atoms with Crippen molar-refractivity contribution >= 4 is 28.5 Å². The Balaban J connectivity index is 1.32. The van der Waals surface area contributed by atoms with Crippen molar-refractivity contribution in [3.63, 3.8) is 0 Å². The number of carbonyl (C=O) groups excluding carboxylic acids is 1. The Hall–Kier alpha value is -4.58. The number of carbonyl (C=O) groups is 1. The molecule has 2 aliphatic rings. The van der Waals surface area contributed by atoms with Crippen LogP contribution in [-0.4, -0.2) is 37.5 Å². The van der Waals surface area contributed by atoms with E-state index in [4.69, 9.17) is 19.3 Å². The number of fused-ring (bicyclic) bond motifs is 2. The maximum atomic E-state index is 13.8. The third-order valence-corrected chi connectivity index (χ3v) is 7.77. The predicted octanol–water partition coefficient (Wildman–Crippen LogP) is 7.06. The Bertz CT molecular complexity index is 1570. The lowest BCUT2D eigenvalue weighted by Gasteiger charge is -2.29. The van der Waals surface area contributed by atoms with Gasteiger partial charge < -0.3 is 14.2 Å². The minimum Gasteiger partial charge on any atom is -0.497 e. The summed E-state index contributed by atoms with van der Waals surface area (Å²) >= 11 is 0. The monoisotopic (exact) mass is 532 g/mol. The molecule has 0 N–H and O–H groups in total. The van der Waals surface area contributed by atoms with E-state index in [1.54, 1.807) is 19.2 Å². The molecular weight excluding hydrogens is 500 g/mol. The first kappa shape index (κ1) is 25.7. The van der Waals surface area contributed by atoms with Gasteiger partial charge in [0.25, 0.3) is 5.91 Å². The van der Waals surface area contributed by atoms with Gasteiger partial charge in [-0.3, -0.25) is 4.79 Å². The van der Waals surface area contributed by atoms with Gasteiger partial charge in [-0.15, -0.1) is 0 Å². The van der Waals surface area contributed by atoms with Gasteiger partial charge >= 0.3 is 0 Å². The molecule has 1 saturated carbocycles. The van der Waals surface area contributed by atoms with Crippen LogP contribution in [0.25, 0.3) is 16.8 Å². The van der Waals surface area contributed by atoms with Gasteiger partial charge in [0.15, 0.2) is 6.61 Å². The molecule has 1 heterocycles. The molecule has 0 unspecified atom stereocenters. The van der Waals surface area contributed by atoms with Crippen molar-refractivity contribution in [2.75, 3.05) is 20.8 Å². The van der Waals surface area contributed by atoms with Crippen LogP contribution in [-0.2, 0) is 4.79 Å². The smallest absolute Gasteiger partial charge is 0.281 e. The number of ether oxygens (including phenoxy) is 3. The summed E-state index contributed by atoms with van der Waals surface area (Å²) in [5, 5.41) is 8.70. The normalized spacial score (nSPS) is 19.3. The number of allylic oxidation sites excluding steroid dienone is 1. The zero-order chi connectivity index (χ0) is 27.5. The van der Waals surface area contributed by atoms with Crippen molar-refractivity contribution in [3.8, 4) is 17.2 Å². The molecule has 2 atom stereocenters. The van der Waals surface area contributed by atoms with E-state index in [-0.39, 0.29) is 24.5 Å². The lowest BCUT2D eigenvalue weighted by molar-refractivity contribution is -0.135. The lowest BCUT2D eigenvalue weighted by Crippen LogP contribution is -2.34. The summed E-state index contributed by atoms with van der Waals surface area (Å²) in [6.45, 7) is -0.0955. The number of amides is 1. The second-order valence-electron chi connectivity index (χ2n) is 10.1. The molecular formula is C34H32N2O4. The van der Waals surface area contributed by atoms with E-state index >= 15 is 0 Å². The van der Waals surface area contributed by atoms with Gasteiger partial charge in [-0.1, -0.05) is 60.7 Å². The molecule has 6 rings (SSSR count). The van der Waals surface area contributed by atoms with Gasteiger partial charge in [-0.2, -0.15) is 5.10 Å². The summed E-state index contributed by atoms with van der Waals surface area (Å²) < 4.78 is 16.8. The molecule has 4 aromatic carbocycles. The van der Waals surface area contributed by atoms with Gasteiger partial charge in [0.2, 0.25) is 0 Å². The molecule has 1 aliphatic heterocycles. The van der Waals surface area contributed by atoms with Crippen molar-refractivity contribution in [2.45, 2.75) is 25.3 Å². The largest absolute Gasteiger partial charge is 0.497 e. The van der Waals surface area contributed by atoms with Crippen LogP contribution in [0.2, 0.25) is 0 Å². The van der Waals surface area contributed by atoms with Gasteiger partial charge in [0, 0.05) is 11.3 Å². The summed E-state index contributed by atoms with van der Waals surface area (Å²) in [6.07, 6.45) is 5.11. The van der Waals surface area contributed by atoms with E-state index in [2.05, 4.69) is 6.08 Å². The third-order valence-electron chi connectivity index (χ3n) is 7.77. The van der Waals surface area contributed by atoms with E-state index in [9.17, 15) is 4.79 Å². The molecule has 1 aliphatic carbocycles. The highest BCUT2D eigenvalue weighted by molar-refractivity contribution is 6.08. The van der Waals surface area contributed by atoms with Crippen molar-refractivity contribution in [3.05, 3.63) is 108 Å². The van der Waals surface area contributed by atoms with Crippen LogP contribution < -0.4 is 14.2 Å². The molecule has 0 saturated heterocycles. The first-order chi connectivity index (χ1) is 19.6. The summed E-state index contributed by atoms with van der Waals surface area (Å²) in [5.74, 6) is 2.23. The van der Waals surface area contributed by atoms with E-state index in [1.807, 2.05) is 91.0 Å². The van der Waals surface area contributed by atoms with Crippen LogP contribution in [0.1, 0.15) is 36.4 Å². The fraction of sp³-hybridized carbons (Fsp3) is 0.235. The molecule has 0 radical (unpaired) electrons. The van der Waals surface area contributed by atoms with Gasteiger partial charge in [-0.05, 0) is 77.8 Å². The molecule has 4 aromatic rings. The first-order valence-corrected chi connectivity index (χ1v) is 13.6.